The van der Waals surface area contributed by atoms with E-state index in [1.165, 1.54) is 23.5 Å². The number of aromatic nitrogens is 1. The quantitative estimate of drug-likeness (QED) is 0.603. The average Bonchev–Trinajstić information content (AvgIpc) is 3.09. The molecule has 2 N–H and O–H groups in total. The molecule has 1 aromatic carbocycles. The fourth-order valence-corrected chi connectivity index (χ4v) is 3.88. The lowest BCUT2D eigenvalue weighted by Gasteiger charge is -2.26. The van der Waals surface area contributed by atoms with Crippen LogP contribution < -0.4 is 5.32 Å². The maximum Gasteiger partial charge on any atom is 0.306 e. The summed E-state index contributed by atoms with van der Waals surface area (Å²) < 4.78 is 0. The van der Waals surface area contributed by atoms with E-state index >= 15 is 0 Å². The van der Waals surface area contributed by atoms with E-state index in [2.05, 4.69) is 10.3 Å². The highest BCUT2D eigenvalue weighted by Crippen LogP contribution is 2.28. The molecule has 2 aromatic rings. The van der Waals surface area contributed by atoms with E-state index in [1.807, 2.05) is 11.4 Å². The molecule has 0 spiro atoms. The predicted octanol–water partition coefficient (Wildman–Crippen LogP) is 3.45. The van der Waals surface area contributed by atoms with Crippen molar-refractivity contribution >= 4 is 23.0 Å². The van der Waals surface area contributed by atoms with Crippen molar-refractivity contribution in [1.82, 2.24) is 10.3 Å². The van der Waals surface area contributed by atoms with Gasteiger partial charge in [-0.2, -0.15) is 0 Å². The molecule has 0 radical (unpaired) electrons. The van der Waals surface area contributed by atoms with Crippen LogP contribution in [0.1, 0.15) is 31.4 Å². The highest BCUT2D eigenvalue weighted by atomic mass is 32.1. The first-order valence-corrected chi connectivity index (χ1v) is 9.06. The molecule has 8 heteroatoms. The zero-order valence-electron chi connectivity index (χ0n) is 13.6. The van der Waals surface area contributed by atoms with Crippen LogP contribution in [0.3, 0.4) is 0 Å². The van der Waals surface area contributed by atoms with Crippen LogP contribution in [0.5, 0.6) is 0 Å². The number of carboxylic acids is 1. The second kappa shape index (κ2) is 7.71. The maximum absolute atomic E-state index is 11.0. The molecule has 0 atom stereocenters. The monoisotopic (exact) mass is 361 g/mol. The Bertz CT molecular complexity index is 769. The van der Waals surface area contributed by atoms with E-state index in [4.69, 9.17) is 5.11 Å². The van der Waals surface area contributed by atoms with Gasteiger partial charge in [0.1, 0.15) is 5.01 Å². The van der Waals surface area contributed by atoms with Gasteiger partial charge in [0, 0.05) is 35.7 Å². The number of rotatable bonds is 6. The van der Waals surface area contributed by atoms with Gasteiger partial charge in [0.25, 0.3) is 5.69 Å². The molecule has 1 saturated carbocycles. The predicted molar refractivity (Wildman–Crippen MR) is 94.4 cm³/mol. The Morgan fingerprint density at radius 1 is 1.36 bits per heavy atom. The Balaban J connectivity index is 1.57. The van der Waals surface area contributed by atoms with Gasteiger partial charge < -0.3 is 10.4 Å². The van der Waals surface area contributed by atoms with E-state index in [-0.39, 0.29) is 11.6 Å². The minimum absolute atomic E-state index is 0.0579. The Kier molecular flexibility index (Phi) is 5.40. The third-order valence-electron chi connectivity index (χ3n) is 4.50. The standard InChI is InChI=1S/C17H19N3O4S/c21-17(22)11-4-6-13(7-5-11)18-9-14-10-25-16(19-14)12-2-1-3-15(8-12)20(23)24/h1-3,8,10-11,13,18H,4-7,9H2,(H,21,22). The van der Waals surface area contributed by atoms with Gasteiger partial charge in [-0.05, 0) is 25.7 Å². The normalized spacial score (nSPS) is 20.3. The molecule has 0 unspecified atom stereocenters. The molecule has 1 heterocycles. The van der Waals surface area contributed by atoms with Crippen molar-refractivity contribution in [3.8, 4) is 10.6 Å². The number of nitrogens with one attached hydrogen (secondary N) is 1. The number of nitro groups is 1. The first-order chi connectivity index (χ1) is 12.0. The molecule has 7 nitrogen and oxygen atoms in total. The minimum Gasteiger partial charge on any atom is -0.481 e. The van der Waals surface area contributed by atoms with E-state index in [0.717, 1.165) is 29.1 Å². The molecule has 0 aliphatic heterocycles. The number of hydrogen-bond acceptors (Lipinski definition) is 6. The smallest absolute Gasteiger partial charge is 0.306 e. The first-order valence-electron chi connectivity index (χ1n) is 8.18. The van der Waals surface area contributed by atoms with Crippen LogP contribution >= 0.6 is 11.3 Å². The van der Waals surface area contributed by atoms with Gasteiger partial charge in [-0.3, -0.25) is 14.9 Å². The van der Waals surface area contributed by atoms with Crippen molar-refractivity contribution in [1.29, 1.82) is 0 Å². The van der Waals surface area contributed by atoms with Gasteiger partial charge in [-0.1, -0.05) is 12.1 Å². The zero-order valence-corrected chi connectivity index (χ0v) is 14.4. The number of thiazole rings is 1. The van der Waals surface area contributed by atoms with Crippen molar-refractivity contribution in [3.63, 3.8) is 0 Å². The molecule has 3 rings (SSSR count). The Morgan fingerprint density at radius 2 is 2.12 bits per heavy atom. The summed E-state index contributed by atoms with van der Waals surface area (Å²) in [6.07, 6.45) is 3.14. The van der Waals surface area contributed by atoms with E-state index in [9.17, 15) is 14.9 Å². The molecule has 25 heavy (non-hydrogen) atoms. The Labute approximate surface area is 148 Å². The van der Waals surface area contributed by atoms with Crippen LogP contribution in [0.25, 0.3) is 10.6 Å². The lowest BCUT2D eigenvalue weighted by atomic mass is 9.86. The summed E-state index contributed by atoms with van der Waals surface area (Å²) in [7, 11) is 0. The number of nitro benzene ring substituents is 1. The van der Waals surface area contributed by atoms with Gasteiger partial charge in [0.2, 0.25) is 0 Å². The van der Waals surface area contributed by atoms with Crippen LogP contribution in [0.2, 0.25) is 0 Å². The van der Waals surface area contributed by atoms with E-state index < -0.39 is 10.9 Å². The molecule has 0 bridgehead atoms. The van der Waals surface area contributed by atoms with Crippen molar-refractivity contribution in [2.45, 2.75) is 38.3 Å². The SMILES string of the molecule is O=C(O)C1CCC(NCc2csc(-c3cccc([N+](=O)[O-])c3)n2)CC1. The van der Waals surface area contributed by atoms with Crippen molar-refractivity contribution in [2.75, 3.05) is 0 Å². The van der Waals surface area contributed by atoms with Gasteiger partial charge >= 0.3 is 5.97 Å². The topological polar surface area (TPSA) is 105 Å². The summed E-state index contributed by atoms with van der Waals surface area (Å²) in [5, 5.41) is 26.0. The fourth-order valence-electron chi connectivity index (χ4n) is 3.07. The van der Waals surface area contributed by atoms with Crippen LogP contribution in [0.4, 0.5) is 5.69 Å². The largest absolute Gasteiger partial charge is 0.481 e. The highest BCUT2D eigenvalue weighted by molar-refractivity contribution is 7.13. The van der Waals surface area contributed by atoms with Crippen LogP contribution in [-0.2, 0) is 11.3 Å². The Hall–Kier alpha value is -2.32. The third-order valence-corrected chi connectivity index (χ3v) is 5.44. The number of non-ortho nitro benzene ring substituents is 1. The van der Waals surface area contributed by atoms with Gasteiger partial charge in [0.05, 0.1) is 16.5 Å². The molecule has 1 aliphatic carbocycles. The molecule has 1 aromatic heterocycles. The number of aliphatic carboxylic acids is 1. The van der Waals surface area contributed by atoms with Gasteiger partial charge in [-0.25, -0.2) is 4.98 Å². The molecular weight excluding hydrogens is 342 g/mol. The van der Waals surface area contributed by atoms with Crippen LogP contribution in [-0.4, -0.2) is 27.0 Å². The van der Waals surface area contributed by atoms with Crippen molar-refractivity contribution in [2.24, 2.45) is 5.92 Å². The molecule has 0 amide bonds. The van der Waals surface area contributed by atoms with E-state index in [0.29, 0.717) is 25.4 Å². The number of nitrogens with zero attached hydrogens (tertiary/aromatic N) is 2. The zero-order chi connectivity index (χ0) is 17.8. The summed E-state index contributed by atoms with van der Waals surface area (Å²) >= 11 is 1.46. The number of carboxylic acid groups (broad SMARTS) is 1. The lowest BCUT2D eigenvalue weighted by molar-refractivity contribution is -0.384. The average molecular weight is 361 g/mol. The van der Waals surface area contributed by atoms with Crippen LogP contribution in [0, 0.1) is 16.0 Å². The second-order valence-electron chi connectivity index (χ2n) is 6.22. The number of benzene rings is 1. The van der Waals surface area contributed by atoms with Gasteiger partial charge in [0.15, 0.2) is 0 Å². The summed E-state index contributed by atoms with van der Waals surface area (Å²) in [6, 6.07) is 6.79. The highest BCUT2D eigenvalue weighted by Gasteiger charge is 2.25. The van der Waals surface area contributed by atoms with Gasteiger partial charge in [-0.15, -0.1) is 11.3 Å². The Morgan fingerprint density at radius 3 is 2.80 bits per heavy atom. The molecule has 132 valence electrons. The fraction of sp³-hybridized carbons (Fsp3) is 0.412. The first kappa shape index (κ1) is 17.5. The molecule has 0 saturated heterocycles. The lowest BCUT2D eigenvalue weighted by Crippen LogP contribution is -2.34. The molecular formula is C17H19N3O4S. The summed E-state index contributed by atoms with van der Waals surface area (Å²) in [5.41, 5.74) is 1.70. The van der Waals surface area contributed by atoms with Crippen LogP contribution in [0.15, 0.2) is 29.6 Å². The summed E-state index contributed by atoms with van der Waals surface area (Å²) in [6.45, 7) is 0.619. The molecule has 1 fully saturated rings. The molecule has 1 aliphatic rings. The number of carbonyl (C=O) groups is 1. The number of hydrogen-bond donors (Lipinski definition) is 2. The van der Waals surface area contributed by atoms with E-state index in [1.54, 1.807) is 6.07 Å². The summed E-state index contributed by atoms with van der Waals surface area (Å²) in [5.74, 6) is -0.905. The summed E-state index contributed by atoms with van der Waals surface area (Å²) in [4.78, 5) is 26.0. The van der Waals surface area contributed by atoms with Crippen molar-refractivity contribution in [3.05, 3.63) is 45.5 Å². The maximum atomic E-state index is 11.0. The second-order valence-corrected chi connectivity index (χ2v) is 7.08. The third kappa shape index (κ3) is 4.40. The van der Waals surface area contributed by atoms with Crippen molar-refractivity contribution < 1.29 is 14.8 Å². The minimum atomic E-state index is -0.695.